The van der Waals surface area contributed by atoms with Crippen molar-refractivity contribution in [2.75, 3.05) is 11.4 Å². The Hall–Kier alpha value is -1.40. The van der Waals surface area contributed by atoms with E-state index in [2.05, 4.69) is 4.98 Å². The molecular weight excluding hydrogens is 279 g/mol. The topological polar surface area (TPSA) is 51.7 Å². The Morgan fingerprint density at radius 1 is 1.14 bits per heavy atom. The monoisotopic (exact) mass is 302 g/mol. The predicted octanol–water partition coefficient (Wildman–Crippen LogP) is 1.90. The van der Waals surface area contributed by atoms with Gasteiger partial charge in [-0.05, 0) is 46.6 Å². The first-order chi connectivity index (χ1) is 10.3. The second-order valence-electron chi connectivity index (χ2n) is 7.07. The number of hydrogen-bond donors (Lipinski definition) is 0. The molecule has 3 heterocycles. The fourth-order valence-corrected chi connectivity index (χ4v) is 2.78. The lowest BCUT2D eigenvalue weighted by atomic mass is 9.80. The van der Waals surface area contributed by atoms with Gasteiger partial charge in [0, 0.05) is 24.6 Å². The zero-order valence-electron chi connectivity index (χ0n) is 13.8. The van der Waals surface area contributed by atoms with E-state index in [0.29, 0.717) is 6.42 Å². The molecule has 0 saturated carbocycles. The fraction of sp³-hybridized carbons (Fsp3) is 0.625. The number of amides is 1. The van der Waals surface area contributed by atoms with Gasteiger partial charge in [-0.2, -0.15) is 0 Å². The number of pyridine rings is 1. The van der Waals surface area contributed by atoms with E-state index in [4.69, 9.17) is 9.31 Å². The van der Waals surface area contributed by atoms with Crippen molar-refractivity contribution in [3.05, 3.63) is 18.5 Å². The average molecular weight is 302 g/mol. The predicted molar refractivity (Wildman–Crippen MR) is 86.2 cm³/mol. The Balaban J connectivity index is 1.85. The standard InChI is InChI=1S/C16H23BN2O3/c1-15(2)16(3,4)22-17(21-15)12-9-13(11-18-10-12)19-8-6-5-7-14(19)20/h9-11H,5-8H2,1-4H3. The molecule has 22 heavy (non-hydrogen) atoms. The summed E-state index contributed by atoms with van der Waals surface area (Å²) in [5.74, 6) is 0.166. The zero-order chi connectivity index (χ0) is 16.0. The van der Waals surface area contributed by atoms with Crippen molar-refractivity contribution in [3.63, 3.8) is 0 Å². The Bertz CT molecular complexity index is 573. The lowest BCUT2D eigenvalue weighted by Crippen LogP contribution is -2.41. The molecule has 0 spiro atoms. The maximum absolute atomic E-state index is 12.1. The van der Waals surface area contributed by atoms with Gasteiger partial charge in [0.05, 0.1) is 23.1 Å². The molecule has 0 bridgehead atoms. The second kappa shape index (κ2) is 5.35. The molecule has 0 unspecified atom stereocenters. The number of carbonyl (C=O) groups is 1. The van der Waals surface area contributed by atoms with E-state index in [0.717, 1.165) is 30.5 Å². The number of piperidine rings is 1. The minimum Gasteiger partial charge on any atom is -0.399 e. The lowest BCUT2D eigenvalue weighted by Gasteiger charge is -2.32. The van der Waals surface area contributed by atoms with Crippen LogP contribution in [0.15, 0.2) is 18.5 Å². The average Bonchev–Trinajstić information content (AvgIpc) is 2.68. The molecule has 2 aliphatic rings. The third kappa shape index (κ3) is 2.65. The van der Waals surface area contributed by atoms with Crippen molar-refractivity contribution in [2.45, 2.75) is 58.2 Å². The van der Waals surface area contributed by atoms with E-state index in [1.807, 2.05) is 38.7 Å². The molecule has 1 aromatic heterocycles. The van der Waals surface area contributed by atoms with E-state index < -0.39 is 7.12 Å². The molecule has 0 radical (unpaired) electrons. The molecule has 5 nitrogen and oxygen atoms in total. The third-order valence-electron chi connectivity index (χ3n) is 4.91. The summed E-state index contributed by atoms with van der Waals surface area (Å²) in [6.45, 7) is 8.86. The Kier molecular flexibility index (Phi) is 3.77. The summed E-state index contributed by atoms with van der Waals surface area (Å²) >= 11 is 0. The van der Waals surface area contributed by atoms with Gasteiger partial charge in [0.15, 0.2) is 0 Å². The van der Waals surface area contributed by atoms with Crippen molar-refractivity contribution in [2.24, 2.45) is 0 Å². The van der Waals surface area contributed by atoms with Crippen LogP contribution in [0.4, 0.5) is 5.69 Å². The summed E-state index contributed by atoms with van der Waals surface area (Å²) in [4.78, 5) is 18.2. The molecule has 6 heteroatoms. The van der Waals surface area contributed by atoms with Crippen LogP contribution in [0.1, 0.15) is 47.0 Å². The summed E-state index contributed by atoms with van der Waals surface area (Å²) < 4.78 is 12.1. The molecule has 0 N–H and O–H groups in total. The molecule has 0 aromatic carbocycles. The highest BCUT2D eigenvalue weighted by molar-refractivity contribution is 6.62. The summed E-state index contributed by atoms with van der Waals surface area (Å²) in [7, 11) is -0.447. The number of anilines is 1. The Morgan fingerprint density at radius 3 is 2.45 bits per heavy atom. The maximum Gasteiger partial charge on any atom is 0.496 e. The van der Waals surface area contributed by atoms with Crippen LogP contribution in [0.3, 0.4) is 0 Å². The van der Waals surface area contributed by atoms with Crippen molar-refractivity contribution >= 4 is 24.2 Å². The van der Waals surface area contributed by atoms with Crippen LogP contribution in [0.25, 0.3) is 0 Å². The van der Waals surface area contributed by atoms with E-state index in [9.17, 15) is 4.79 Å². The van der Waals surface area contributed by atoms with Crippen molar-refractivity contribution in [3.8, 4) is 0 Å². The smallest absolute Gasteiger partial charge is 0.399 e. The second-order valence-corrected chi connectivity index (χ2v) is 7.07. The van der Waals surface area contributed by atoms with E-state index in [1.54, 1.807) is 12.4 Å². The molecule has 3 rings (SSSR count). The van der Waals surface area contributed by atoms with Gasteiger partial charge in [-0.15, -0.1) is 0 Å². The Labute approximate surface area is 132 Å². The van der Waals surface area contributed by atoms with E-state index in [-0.39, 0.29) is 17.1 Å². The SMILES string of the molecule is CC1(C)OB(c2cncc(N3CCCCC3=O)c2)OC1(C)C. The first-order valence-corrected chi connectivity index (χ1v) is 7.91. The van der Waals surface area contributed by atoms with Gasteiger partial charge in [0.25, 0.3) is 0 Å². The summed E-state index contributed by atoms with van der Waals surface area (Å²) in [6.07, 6.45) is 6.10. The zero-order valence-corrected chi connectivity index (χ0v) is 13.8. The van der Waals surface area contributed by atoms with Crippen LogP contribution in [-0.4, -0.2) is 35.8 Å². The van der Waals surface area contributed by atoms with Gasteiger partial charge in [0.1, 0.15) is 0 Å². The minimum absolute atomic E-state index is 0.166. The summed E-state index contributed by atoms with van der Waals surface area (Å²) in [5.41, 5.74) is 0.926. The lowest BCUT2D eigenvalue weighted by molar-refractivity contribution is -0.119. The van der Waals surface area contributed by atoms with Crippen LogP contribution in [0.5, 0.6) is 0 Å². The highest BCUT2D eigenvalue weighted by Gasteiger charge is 2.51. The number of hydrogen-bond acceptors (Lipinski definition) is 4. The number of carbonyl (C=O) groups excluding carboxylic acids is 1. The molecule has 2 fully saturated rings. The van der Waals surface area contributed by atoms with E-state index >= 15 is 0 Å². The van der Waals surface area contributed by atoms with Crippen molar-refractivity contribution in [1.29, 1.82) is 0 Å². The van der Waals surface area contributed by atoms with Crippen molar-refractivity contribution in [1.82, 2.24) is 4.98 Å². The molecule has 0 atom stereocenters. The van der Waals surface area contributed by atoms with Gasteiger partial charge in [0.2, 0.25) is 5.91 Å². The van der Waals surface area contributed by atoms with Crippen LogP contribution in [0, 0.1) is 0 Å². The van der Waals surface area contributed by atoms with Crippen molar-refractivity contribution < 1.29 is 14.1 Å². The highest BCUT2D eigenvalue weighted by Crippen LogP contribution is 2.36. The normalized spacial score (nSPS) is 23.9. The van der Waals surface area contributed by atoms with Gasteiger partial charge >= 0.3 is 7.12 Å². The van der Waals surface area contributed by atoms with Crippen LogP contribution in [0.2, 0.25) is 0 Å². The van der Waals surface area contributed by atoms with Gasteiger partial charge in [-0.3, -0.25) is 9.78 Å². The first-order valence-electron chi connectivity index (χ1n) is 7.91. The molecule has 2 saturated heterocycles. The van der Waals surface area contributed by atoms with Crippen LogP contribution in [-0.2, 0) is 14.1 Å². The minimum atomic E-state index is -0.447. The number of rotatable bonds is 2. The number of aromatic nitrogens is 1. The van der Waals surface area contributed by atoms with Gasteiger partial charge < -0.3 is 14.2 Å². The van der Waals surface area contributed by atoms with Gasteiger partial charge in [-0.1, -0.05) is 0 Å². The molecule has 1 amide bonds. The quantitative estimate of drug-likeness (QED) is 0.783. The summed E-state index contributed by atoms with van der Waals surface area (Å²) in [5, 5.41) is 0. The fourth-order valence-electron chi connectivity index (χ4n) is 2.78. The number of nitrogens with zero attached hydrogens (tertiary/aromatic N) is 2. The van der Waals surface area contributed by atoms with Crippen LogP contribution >= 0.6 is 0 Å². The molecule has 118 valence electrons. The van der Waals surface area contributed by atoms with E-state index in [1.165, 1.54) is 0 Å². The maximum atomic E-state index is 12.1. The molecule has 1 aromatic rings. The highest BCUT2D eigenvalue weighted by atomic mass is 16.7. The molecule has 0 aliphatic carbocycles. The van der Waals surface area contributed by atoms with Crippen LogP contribution < -0.4 is 10.4 Å². The largest absolute Gasteiger partial charge is 0.496 e. The third-order valence-corrected chi connectivity index (χ3v) is 4.91. The first kappa shape index (κ1) is 15.5. The summed E-state index contributed by atoms with van der Waals surface area (Å²) in [6, 6.07) is 1.96. The Morgan fingerprint density at radius 2 is 1.82 bits per heavy atom. The molecular formula is C16H23BN2O3. The van der Waals surface area contributed by atoms with Gasteiger partial charge in [-0.25, -0.2) is 0 Å². The molecule has 2 aliphatic heterocycles.